The van der Waals surface area contributed by atoms with Crippen LogP contribution in [0.5, 0.6) is 0 Å². The van der Waals surface area contributed by atoms with E-state index in [4.69, 9.17) is 0 Å². The lowest BCUT2D eigenvalue weighted by atomic mass is 10.1. The third kappa shape index (κ3) is 3.88. The molecule has 0 aromatic carbocycles. The number of nitrogens with zero attached hydrogens (tertiary/aromatic N) is 3. The lowest BCUT2D eigenvalue weighted by Crippen LogP contribution is -2.38. The van der Waals surface area contributed by atoms with Crippen molar-refractivity contribution in [1.82, 2.24) is 20.0 Å². The lowest BCUT2D eigenvalue weighted by Gasteiger charge is -2.23. The van der Waals surface area contributed by atoms with Crippen molar-refractivity contribution in [3.63, 3.8) is 0 Å². The summed E-state index contributed by atoms with van der Waals surface area (Å²) >= 11 is 0. The second-order valence-electron chi connectivity index (χ2n) is 6.88. The zero-order valence-corrected chi connectivity index (χ0v) is 14.6. The summed E-state index contributed by atoms with van der Waals surface area (Å²) in [5.74, 6) is 0.817. The summed E-state index contributed by atoms with van der Waals surface area (Å²) in [5.41, 5.74) is 3.52. The van der Waals surface area contributed by atoms with Crippen LogP contribution in [-0.2, 0) is 17.8 Å². The molecule has 0 radical (unpaired) electrons. The predicted octanol–water partition coefficient (Wildman–Crippen LogP) is 1.91. The van der Waals surface area contributed by atoms with Gasteiger partial charge in [-0.2, -0.15) is 5.10 Å². The van der Waals surface area contributed by atoms with E-state index in [1.807, 2.05) is 18.9 Å². The highest BCUT2D eigenvalue weighted by Gasteiger charge is 2.23. The Bertz CT molecular complexity index is 515. The molecule has 0 bridgehead atoms. The van der Waals surface area contributed by atoms with Crippen LogP contribution >= 0.6 is 0 Å². The van der Waals surface area contributed by atoms with Crippen LogP contribution in [0.25, 0.3) is 0 Å². The van der Waals surface area contributed by atoms with E-state index in [2.05, 4.69) is 35.9 Å². The number of hydrogen-bond acceptors (Lipinski definition) is 3. The number of aromatic nitrogens is 2. The molecule has 1 aromatic rings. The maximum atomic E-state index is 12.4. The molecular weight excluding hydrogens is 276 g/mol. The maximum absolute atomic E-state index is 12.4. The van der Waals surface area contributed by atoms with Gasteiger partial charge in [0, 0.05) is 38.3 Å². The summed E-state index contributed by atoms with van der Waals surface area (Å²) in [7, 11) is 1.93. The Kier molecular flexibility index (Phi) is 5.62. The minimum Gasteiger partial charge on any atom is -0.341 e. The fourth-order valence-electron chi connectivity index (χ4n) is 3.20. The SMILES string of the molecule is Cc1nn(CC(C)C)c(C)c1CCC(=O)N(C)C1CCNC1. The normalized spacial score (nSPS) is 18.2. The van der Waals surface area contributed by atoms with E-state index in [1.165, 1.54) is 11.3 Å². The Morgan fingerprint density at radius 3 is 2.77 bits per heavy atom. The first-order valence-corrected chi connectivity index (χ1v) is 8.39. The van der Waals surface area contributed by atoms with Gasteiger partial charge in [-0.25, -0.2) is 0 Å². The molecule has 2 rings (SSSR count). The van der Waals surface area contributed by atoms with Gasteiger partial charge in [-0.3, -0.25) is 9.48 Å². The molecule has 5 heteroatoms. The van der Waals surface area contributed by atoms with Gasteiger partial charge in [-0.1, -0.05) is 13.8 Å². The van der Waals surface area contributed by atoms with E-state index in [0.29, 0.717) is 18.4 Å². The minimum absolute atomic E-state index is 0.240. The van der Waals surface area contributed by atoms with Gasteiger partial charge in [0.15, 0.2) is 0 Å². The summed E-state index contributed by atoms with van der Waals surface area (Å²) in [6.45, 7) is 11.4. The van der Waals surface area contributed by atoms with Crippen molar-refractivity contribution >= 4 is 5.91 Å². The number of nitrogens with one attached hydrogen (secondary N) is 1. The third-order valence-electron chi connectivity index (χ3n) is 4.63. The molecule has 1 amide bonds. The van der Waals surface area contributed by atoms with Gasteiger partial charge in [0.1, 0.15) is 0 Å². The van der Waals surface area contributed by atoms with E-state index in [-0.39, 0.29) is 5.91 Å². The molecule has 1 aliphatic rings. The summed E-state index contributed by atoms with van der Waals surface area (Å²) in [4.78, 5) is 14.3. The van der Waals surface area contributed by atoms with E-state index >= 15 is 0 Å². The number of rotatable bonds is 6. The van der Waals surface area contributed by atoms with Gasteiger partial charge in [-0.05, 0) is 44.7 Å². The smallest absolute Gasteiger partial charge is 0.222 e. The van der Waals surface area contributed by atoms with Gasteiger partial charge >= 0.3 is 0 Å². The number of likely N-dealkylation sites (N-methyl/N-ethyl adjacent to an activating group) is 1. The van der Waals surface area contributed by atoms with Crippen LogP contribution in [-0.4, -0.2) is 46.8 Å². The van der Waals surface area contributed by atoms with Gasteiger partial charge in [0.25, 0.3) is 0 Å². The van der Waals surface area contributed by atoms with E-state index in [1.54, 1.807) is 0 Å². The minimum atomic E-state index is 0.240. The van der Waals surface area contributed by atoms with Crippen LogP contribution in [0.3, 0.4) is 0 Å². The van der Waals surface area contributed by atoms with Gasteiger partial charge in [0.05, 0.1) is 5.69 Å². The molecule has 1 unspecified atom stereocenters. The Morgan fingerprint density at radius 1 is 1.45 bits per heavy atom. The van der Waals surface area contributed by atoms with Crippen molar-refractivity contribution in [3.05, 3.63) is 17.0 Å². The largest absolute Gasteiger partial charge is 0.341 e. The van der Waals surface area contributed by atoms with Crippen LogP contribution < -0.4 is 5.32 Å². The molecule has 1 atom stereocenters. The van der Waals surface area contributed by atoms with Crippen molar-refractivity contribution < 1.29 is 4.79 Å². The first-order valence-electron chi connectivity index (χ1n) is 8.39. The molecule has 0 aliphatic carbocycles. The number of carbonyl (C=O) groups is 1. The molecule has 1 aliphatic heterocycles. The number of amides is 1. The van der Waals surface area contributed by atoms with Crippen LogP contribution in [0.2, 0.25) is 0 Å². The Hall–Kier alpha value is -1.36. The van der Waals surface area contributed by atoms with Crippen LogP contribution in [0, 0.1) is 19.8 Å². The number of hydrogen-bond donors (Lipinski definition) is 1. The van der Waals surface area contributed by atoms with Crippen LogP contribution in [0.15, 0.2) is 0 Å². The highest BCUT2D eigenvalue weighted by Crippen LogP contribution is 2.17. The highest BCUT2D eigenvalue weighted by atomic mass is 16.2. The lowest BCUT2D eigenvalue weighted by molar-refractivity contribution is -0.131. The molecule has 1 saturated heterocycles. The van der Waals surface area contributed by atoms with Gasteiger partial charge < -0.3 is 10.2 Å². The zero-order chi connectivity index (χ0) is 16.3. The van der Waals surface area contributed by atoms with E-state index in [0.717, 1.165) is 38.2 Å². The summed E-state index contributed by atoms with van der Waals surface area (Å²) < 4.78 is 2.09. The molecule has 0 saturated carbocycles. The summed E-state index contributed by atoms with van der Waals surface area (Å²) in [6.07, 6.45) is 2.42. The fraction of sp³-hybridized carbons (Fsp3) is 0.765. The molecule has 1 N–H and O–H groups in total. The third-order valence-corrected chi connectivity index (χ3v) is 4.63. The second kappa shape index (κ2) is 7.27. The van der Waals surface area contributed by atoms with Gasteiger partial charge in [-0.15, -0.1) is 0 Å². The van der Waals surface area contributed by atoms with Crippen LogP contribution in [0.4, 0.5) is 0 Å². The molecule has 5 nitrogen and oxygen atoms in total. The molecule has 2 heterocycles. The van der Waals surface area contributed by atoms with E-state index < -0.39 is 0 Å². The topological polar surface area (TPSA) is 50.2 Å². The van der Waals surface area contributed by atoms with Crippen molar-refractivity contribution in [2.45, 2.75) is 59.5 Å². The van der Waals surface area contributed by atoms with E-state index in [9.17, 15) is 4.79 Å². The maximum Gasteiger partial charge on any atom is 0.222 e. The highest BCUT2D eigenvalue weighted by molar-refractivity contribution is 5.76. The summed E-state index contributed by atoms with van der Waals surface area (Å²) in [6, 6.07) is 0.360. The zero-order valence-electron chi connectivity index (χ0n) is 14.6. The molecule has 0 spiro atoms. The standard InChI is InChI=1S/C17H30N4O/c1-12(2)11-21-14(4)16(13(3)19-21)6-7-17(22)20(5)15-8-9-18-10-15/h12,15,18H,6-11H2,1-5H3. The van der Waals surface area contributed by atoms with Crippen molar-refractivity contribution in [2.24, 2.45) is 5.92 Å². The molecule has 1 fully saturated rings. The first kappa shape index (κ1) is 17.0. The average molecular weight is 306 g/mol. The predicted molar refractivity (Wildman–Crippen MR) is 88.9 cm³/mol. The number of aryl methyl sites for hydroxylation is 1. The second-order valence-corrected chi connectivity index (χ2v) is 6.88. The fourth-order valence-corrected chi connectivity index (χ4v) is 3.20. The van der Waals surface area contributed by atoms with Crippen LogP contribution in [0.1, 0.15) is 43.6 Å². The Labute approximate surface area is 134 Å². The first-order chi connectivity index (χ1) is 10.4. The number of carbonyl (C=O) groups excluding carboxylic acids is 1. The van der Waals surface area contributed by atoms with Crippen molar-refractivity contribution in [2.75, 3.05) is 20.1 Å². The molecule has 124 valence electrons. The molecular formula is C17H30N4O. The Morgan fingerprint density at radius 2 is 2.18 bits per heavy atom. The Balaban J connectivity index is 1.96. The quantitative estimate of drug-likeness (QED) is 0.873. The molecule has 22 heavy (non-hydrogen) atoms. The van der Waals surface area contributed by atoms with Crippen molar-refractivity contribution in [1.29, 1.82) is 0 Å². The summed E-state index contributed by atoms with van der Waals surface area (Å²) in [5, 5.41) is 7.95. The average Bonchev–Trinajstić information content (AvgIpc) is 3.06. The molecule has 1 aromatic heterocycles. The monoisotopic (exact) mass is 306 g/mol. The van der Waals surface area contributed by atoms with Gasteiger partial charge in [0.2, 0.25) is 5.91 Å². The van der Waals surface area contributed by atoms with Crippen molar-refractivity contribution in [3.8, 4) is 0 Å².